The second-order valence-electron chi connectivity index (χ2n) is 5.27. The Morgan fingerprint density at radius 3 is 2.23 bits per heavy atom. The number of unbranched alkanes of at least 4 members (excludes halogenated alkanes) is 2. The lowest BCUT2D eigenvalue weighted by molar-refractivity contribution is 0.102. The van der Waals surface area contributed by atoms with E-state index in [1.165, 1.54) is 24.8 Å². The second kappa shape index (κ2) is 8.21. The third kappa shape index (κ3) is 5.04. The number of carbonyl (C=O) groups excluding carboxylic acids is 1. The van der Waals surface area contributed by atoms with Crippen LogP contribution >= 0.6 is 23.2 Å². The fourth-order valence-electron chi connectivity index (χ4n) is 2.23. The van der Waals surface area contributed by atoms with Gasteiger partial charge in [-0.3, -0.25) is 4.79 Å². The van der Waals surface area contributed by atoms with E-state index in [0.717, 1.165) is 6.42 Å². The minimum atomic E-state index is -0.168. The minimum Gasteiger partial charge on any atom is -0.322 e. The number of anilines is 1. The molecule has 0 unspecified atom stereocenters. The van der Waals surface area contributed by atoms with Gasteiger partial charge in [0.05, 0.1) is 0 Å². The Bertz CT molecular complexity index is 618. The smallest absolute Gasteiger partial charge is 0.255 e. The van der Waals surface area contributed by atoms with Crippen molar-refractivity contribution in [3.05, 3.63) is 63.6 Å². The molecule has 0 heterocycles. The zero-order chi connectivity index (χ0) is 15.9. The molecule has 0 bridgehead atoms. The van der Waals surface area contributed by atoms with Gasteiger partial charge in [-0.1, -0.05) is 55.1 Å². The van der Waals surface area contributed by atoms with Crippen molar-refractivity contribution in [2.75, 3.05) is 5.32 Å². The van der Waals surface area contributed by atoms with Crippen molar-refractivity contribution in [1.82, 2.24) is 0 Å². The number of benzene rings is 2. The van der Waals surface area contributed by atoms with Crippen molar-refractivity contribution in [2.24, 2.45) is 0 Å². The summed E-state index contributed by atoms with van der Waals surface area (Å²) in [6.07, 6.45) is 4.68. The molecule has 2 aromatic carbocycles. The number of nitrogens with one attached hydrogen (secondary N) is 1. The SMILES string of the molecule is CCCCCc1ccc(C(=O)Nc2cc(Cl)cc(Cl)c2)cc1. The minimum absolute atomic E-state index is 0.168. The van der Waals surface area contributed by atoms with Crippen LogP contribution in [0.4, 0.5) is 5.69 Å². The molecule has 0 aromatic heterocycles. The number of hydrogen-bond acceptors (Lipinski definition) is 1. The van der Waals surface area contributed by atoms with Crippen molar-refractivity contribution in [3.63, 3.8) is 0 Å². The van der Waals surface area contributed by atoms with Gasteiger partial charge in [-0.05, 0) is 48.7 Å². The van der Waals surface area contributed by atoms with Gasteiger partial charge in [0.1, 0.15) is 0 Å². The fourth-order valence-corrected chi connectivity index (χ4v) is 2.76. The average molecular weight is 336 g/mol. The zero-order valence-electron chi connectivity index (χ0n) is 12.5. The van der Waals surface area contributed by atoms with Crippen LogP contribution < -0.4 is 5.32 Å². The van der Waals surface area contributed by atoms with E-state index in [-0.39, 0.29) is 5.91 Å². The quantitative estimate of drug-likeness (QED) is 0.646. The number of halogens is 2. The van der Waals surface area contributed by atoms with Crippen LogP contribution in [0.15, 0.2) is 42.5 Å². The predicted octanol–water partition coefficient (Wildman–Crippen LogP) is 5.98. The Kier molecular flexibility index (Phi) is 6.29. The first-order chi connectivity index (χ1) is 10.6. The highest BCUT2D eigenvalue weighted by Crippen LogP contribution is 2.23. The Hall–Kier alpha value is -1.51. The lowest BCUT2D eigenvalue weighted by Gasteiger charge is -2.07. The van der Waals surface area contributed by atoms with E-state index < -0.39 is 0 Å². The number of hydrogen-bond donors (Lipinski definition) is 1. The van der Waals surface area contributed by atoms with Crippen LogP contribution in [0.2, 0.25) is 10.0 Å². The van der Waals surface area contributed by atoms with Gasteiger partial charge in [0, 0.05) is 21.3 Å². The number of aryl methyl sites for hydroxylation is 1. The lowest BCUT2D eigenvalue weighted by Crippen LogP contribution is -2.11. The van der Waals surface area contributed by atoms with Gasteiger partial charge < -0.3 is 5.32 Å². The molecule has 0 saturated carbocycles. The van der Waals surface area contributed by atoms with Gasteiger partial charge in [-0.25, -0.2) is 0 Å². The summed E-state index contributed by atoms with van der Waals surface area (Å²) in [6.45, 7) is 2.19. The highest BCUT2D eigenvalue weighted by molar-refractivity contribution is 6.35. The summed E-state index contributed by atoms with van der Waals surface area (Å²) in [5, 5.41) is 3.79. The molecule has 22 heavy (non-hydrogen) atoms. The molecule has 0 spiro atoms. The van der Waals surface area contributed by atoms with Crippen molar-refractivity contribution >= 4 is 34.8 Å². The highest BCUT2D eigenvalue weighted by Gasteiger charge is 2.07. The molecule has 2 rings (SSSR count). The summed E-state index contributed by atoms with van der Waals surface area (Å²) >= 11 is 11.9. The Morgan fingerprint density at radius 1 is 1.00 bits per heavy atom. The highest BCUT2D eigenvalue weighted by atomic mass is 35.5. The lowest BCUT2D eigenvalue weighted by atomic mass is 10.1. The predicted molar refractivity (Wildman–Crippen MR) is 94.1 cm³/mol. The van der Waals surface area contributed by atoms with Crippen LogP contribution in [0.3, 0.4) is 0 Å². The van der Waals surface area contributed by atoms with E-state index in [1.54, 1.807) is 18.2 Å². The van der Waals surface area contributed by atoms with Gasteiger partial charge in [0.25, 0.3) is 5.91 Å². The summed E-state index contributed by atoms with van der Waals surface area (Å²) in [4.78, 5) is 12.2. The number of amides is 1. The molecular formula is C18H19Cl2NO. The van der Waals surface area contributed by atoms with Gasteiger partial charge in [-0.2, -0.15) is 0 Å². The largest absolute Gasteiger partial charge is 0.322 e. The van der Waals surface area contributed by atoms with E-state index in [9.17, 15) is 4.79 Å². The van der Waals surface area contributed by atoms with Gasteiger partial charge in [0.2, 0.25) is 0 Å². The first kappa shape index (κ1) is 16.9. The van der Waals surface area contributed by atoms with Crippen LogP contribution in [0.1, 0.15) is 42.1 Å². The average Bonchev–Trinajstić information content (AvgIpc) is 2.47. The molecule has 2 nitrogen and oxygen atoms in total. The second-order valence-corrected chi connectivity index (χ2v) is 6.14. The van der Waals surface area contributed by atoms with Crippen LogP contribution in [0.5, 0.6) is 0 Å². The molecule has 0 fully saturated rings. The molecule has 4 heteroatoms. The molecule has 1 N–H and O–H groups in total. The van der Waals surface area contributed by atoms with E-state index in [1.807, 2.05) is 24.3 Å². The Morgan fingerprint density at radius 2 is 1.64 bits per heavy atom. The maximum Gasteiger partial charge on any atom is 0.255 e. The molecule has 0 aliphatic rings. The van der Waals surface area contributed by atoms with E-state index in [0.29, 0.717) is 21.3 Å². The fraction of sp³-hybridized carbons (Fsp3) is 0.278. The Labute approximate surface area is 141 Å². The summed E-state index contributed by atoms with van der Waals surface area (Å²) in [6, 6.07) is 12.7. The summed E-state index contributed by atoms with van der Waals surface area (Å²) < 4.78 is 0. The van der Waals surface area contributed by atoms with Gasteiger partial charge in [0.15, 0.2) is 0 Å². The zero-order valence-corrected chi connectivity index (χ0v) is 14.0. The maximum absolute atomic E-state index is 12.2. The van der Waals surface area contributed by atoms with Crippen LogP contribution in [-0.4, -0.2) is 5.91 Å². The van der Waals surface area contributed by atoms with E-state index in [2.05, 4.69) is 12.2 Å². The summed E-state index contributed by atoms with van der Waals surface area (Å²) in [5.41, 5.74) is 2.47. The monoisotopic (exact) mass is 335 g/mol. The topological polar surface area (TPSA) is 29.1 Å². The standard InChI is InChI=1S/C18H19Cl2NO/c1-2-3-4-5-13-6-8-14(9-7-13)18(22)21-17-11-15(19)10-16(20)12-17/h6-12H,2-5H2,1H3,(H,21,22). The van der Waals surface area contributed by atoms with Gasteiger partial charge in [-0.15, -0.1) is 0 Å². The molecule has 0 aliphatic heterocycles. The molecule has 1 amide bonds. The number of carbonyl (C=O) groups is 1. The molecule has 2 aromatic rings. The number of rotatable bonds is 6. The molecule has 0 atom stereocenters. The first-order valence-electron chi connectivity index (χ1n) is 7.45. The summed E-state index contributed by atoms with van der Waals surface area (Å²) in [7, 11) is 0. The molecule has 0 aliphatic carbocycles. The van der Waals surface area contributed by atoms with E-state index >= 15 is 0 Å². The molecular weight excluding hydrogens is 317 g/mol. The maximum atomic E-state index is 12.2. The first-order valence-corrected chi connectivity index (χ1v) is 8.20. The normalized spacial score (nSPS) is 10.5. The van der Waals surface area contributed by atoms with Crippen LogP contribution in [-0.2, 0) is 6.42 Å². The molecule has 0 saturated heterocycles. The third-order valence-electron chi connectivity index (χ3n) is 3.41. The molecule has 116 valence electrons. The van der Waals surface area contributed by atoms with Crippen LogP contribution in [0.25, 0.3) is 0 Å². The van der Waals surface area contributed by atoms with Crippen LogP contribution in [0, 0.1) is 0 Å². The molecule has 0 radical (unpaired) electrons. The van der Waals surface area contributed by atoms with Crippen molar-refractivity contribution in [1.29, 1.82) is 0 Å². The third-order valence-corrected chi connectivity index (χ3v) is 3.84. The summed E-state index contributed by atoms with van der Waals surface area (Å²) in [5.74, 6) is -0.168. The Balaban J connectivity index is 2.00. The van der Waals surface area contributed by atoms with Gasteiger partial charge >= 0.3 is 0 Å². The van der Waals surface area contributed by atoms with E-state index in [4.69, 9.17) is 23.2 Å². The van der Waals surface area contributed by atoms with Crippen molar-refractivity contribution in [2.45, 2.75) is 32.6 Å². The van der Waals surface area contributed by atoms with Crippen molar-refractivity contribution < 1.29 is 4.79 Å². The van der Waals surface area contributed by atoms with Crippen molar-refractivity contribution in [3.8, 4) is 0 Å².